The van der Waals surface area contributed by atoms with Crippen LogP contribution in [0, 0.1) is 11.3 Å². The molecule has 2 heterocycles. The molecule has 4 aromatic carbocycles. The summed E-state index contributed by atoms with van der Waals surface area (Å²) in [5.74, 6) is 0.212. The Kier molecular flexibility index (Phi) is 7.40. The minimum Gasteiger partial charge on any atom is -0.338 e. The predicted octanol–water partition coefficient (Wildman–Crippen LogP) is 11.3. The lowest BCUT2D eigenvalue weighted by Crippen LogP contribution is -2.43. The van der Waals surface area contributed by atoms with Crippen LogP contribution in [0.15, 0.2) is 134 Å². The Balaban J connectivity index is 1.17. The molecule has 0 saturated carbocycles. The van der Waals surface area contributed by atoms with Gasteiger partial charge < -0.3 is 9.13 Å². The van der Waals surface area contributed by atoms with E-state index in [0.29, 0.717) is 6.04 Å². The Hall–Kier alpha value is -5.60. The second-order valence-corrected chi connectivity index (χ2v) is 15.0. The normalized spacial score (nSPS) is 19.7. The molecule has 2 atom stereocenters. The molecule has 2 nitrogen and oxygen atoms in total. The van der Waals surface area contributed by atoms with Crippen LogP contribution in [0.3, 0.4) is 0 Å². The number of aromatic nitrogens is 2. The third-order valence-electron chi connectivity index (χ3n) is 11.4. The third kappa shape index (κ3) is 4.92. The van der Waals surface area contributed by atoms with Gasteiger partial charge in [0.05, 0.1) is 5.52 Å². The first kappa shape index (κ1) is 31.4. The van der Waals surface area contributed by atoms with Crippen LogP contribution < -0.4 is 10.4 Å². The summed E-state index contributed by atoms with van der Waals surface area (Å²) in [4.78, 5) is 0. The van der Waals surface area contributed by atoms with Gasteiger partial charge in [-0.15, -0.1) is 0 Å². The maximum atomic E-state index is 4.31. The van der Waals surface area contributed by atoms with Crippen molar-refractivity contribution in [2.75, 3.05) is 0 Å². The van der Waals surface area contributed by atoms with Crippen LogP contribution in [0.1, 0.15) is 62.5 Å². The van der Waals surface area contributed by atoms with Crippen LogP contribution in [-0.2, 0) is 6.42 Å². The van der Waals surface area contributed by atoms with E-state index in [0.717, 1.165) is 18.5 Å². The van der Waals surface area contributed by atoms with Gasteiger partial charge in [0.2, 0.25) is 0 Å². The van der Waals surface area contributed by atoms with E-state index < -0.39 is 0 Å². The van der Waals surface area contributed by atoms with E-state index in [2.05, 4.69) is 189 Å². The van der Waals surface area contributed by atoms with Crippen molar-refractivity contribution < 1.29 is 0 Å². The molecule has 0 N–H and O–H groups in total. The van der Waals surface area contributed by atoms with Crippen molar-refractivity contribution >= 4 is 67.8 Å². The summed E-state index contributed by atoms with van der Waals surface area (Å²) in [5.41, 5.74) is 12.6. The molecule has 250 valence electrons. The minimum absolute atomic E-state index is 0.191. The van der Waals surface area contributed by atoms with Crippen molar-refractivity contribution in [3.63, 3.8) is 0 Å². The molecule has 0 amide bonds. The Morgan fingerprint density at radius 3 is 2.29 bits per heavy atom. The van der Waals surface area contributed by atoms with Gasteiger partial charge in [-0.05, 0) is 96.7 Å². The Morgan fingerprint density at radius 1 is 0.784 bits per heavy atom. The average molecular weight is 661 g/mol. The largest absolute Gasteiger partial charge is 0.338 e. The third-order valence-corrected chi connectivity index (χ3v) is 11.4. The van der Waals surface area contributed by atoms with Crippen LogP contribution in [0.2, 0.25) is 0 Å². The lowest BCUT2D eigenvalue weighted by Gasteiger charge is -2.40. The number of nitrogens with zero attached hydrogens (tertiary/aromatic N) is 2. The van der Waals surface area contributed by atoms with Gasteiger partial charge in [-0.3, -0.25) is 0 Å². The van der Waals surface area contributed by atoms with Gasteiger partial charge in [0, 0.05) is 61.5 Å². The lowest BCUT2D eigenvalue weighted by molar-refractivity contribution is 0.482. The molecular weight excluding hydrogens is 617 g/mol. The zero-order valence-electron chi connectivity index (χ0n) is 30.0. The van der Waals surface area contributed by atoms with Gasteiger partial charge >= 0.3 is 0 Å². The fourth-order valence-electron chi connectivity index (χ4n) is 9.13. The van der Waals surface area contributed by atoms with Crippen molar-refractivity contribution in [3.05, 3.63) is 167 Å². The quantitative estimate of drug-likeness (QED) is 0.168. The summed E-state index contributed by atoms with van der Waals surface area (Å²) in [6.07, 6.45) is 25.4. The molecule has 2 unspecified atom stereocenters. The summed E-state index contributed by atoms with van der Waals surface area (Å²) in [5, 5.41) is 6.54. The zero-order valence-corrected chi connectivity index (χ0v) is 30.0. The number of hydrogen-bond donors (Lipinski definition) is 0. The predicted molar refractivity (Wildman–Crippen MR) is 221 cm³/mol. The van der Waals surface area contributed by atoms with E-state index in [1.54, 1.807) is 0 Å². The Morgan fingerprint density at radius 2 is 1.49 bits per heavy atom. The number of hydrogen-bond acceptors (Lipinski definition) is 0. The van der Waals surface area contributed by atoms with Crippen LogP contribution in [-0.4, -0.2) is 9.13 Å². The molecule has 0 radical (unpaired) electrons. The van der Waals surface area contributed by atoms with Crippen LogP contribution in [0.25, 0.3) is 67.8 Å². The van der Waals surface area contributed by atoms with Crippen molar-refractivity contribution in [2.45, 2.75) is 46.6 Å². The Bertz CT molecular complexity index is 2710. The van der Waals surface area contributed by atoms with Gasteiger partial charge in [-0.25, -0.2) is 0 Å². The maximum absolute atomic E-state index is 4.31. The first-order valence-electron chi connectivity index (χ1n) is 18.4. The summed E-state index contributed by atoms with van der Waals surface area (Å²) < 4.78 is 4.81. The molecule has 0 bridgehead atoms. The molecule has 0 spiro atoms. The lowest BCUT2D eigenvalue weighted by atomic mass is 9.63. The van der Waals surface area contributed by atoms with Crippen molar-refractivity contribution in [3.8, 4) is 0 Å². The number of benzene rings is 4. The smallest absolute Gasteiger partial charge is 0.0534 e. The highest BCUT2D eigenvalue weighted by Crippen LogP contribution is 2.47. The Labute approximate surface area is 300 Å². The molecule has 2 heteroatoms. The van der Waals surface area contributed by atoms with E-state index >= 15 is 0 Å². The standard InChI is InChI=1S/C49H44N2/c1-32(2)50-45-19-10-8-16-39(45)41-30-34(23-27-47(41)50)21-25-38-36-14-6-7-15-37(36)44(49(5)29-13-12-18-43(38)49)26-22-35-24-28-48-42(31-35)40-17-9-11-20-46(40)51(48)33(3)4/h6-10,12-19,21-32,43H,3,11,20H2,1-2,4-5H3/b25-21+,26-22+. The fraction of sp³-hybridized carbons (Fsp3) is 0.184. The van der Waals surface area contributed by atoms with E-state index in [4.69, 9.17) is 0 Å². The molecule has 3 aliphatic carbocycles. The number of rotatable bonds is 6. The van der Waals surface area contributed by atoms with Gasteiger partial charge in [0.25, 0.3) is 0 Å². The zero-order chi connectivity index (χ0) is 34.9. The van der Waals surface area contributed by atoms with Gasteiger partial charge in [-0.2, -0.15) is 0 Å². The minimum atomic E-state index is -0.191. The summed E-state index contributed by atoms with van der Waals surface area (Å²) in [6.45, 7) is 13.4. The van der Waals surface area contributed by atoms with Gasteiger partial charge in [-0.1, -0.05) is 129 Å². The van der Waals surface area contributed by atoms with Crippen molar-refractivity contribution in [2.24, 2.45) is 11.3 Å². The maximum Gasteiger partial charge on any atom is 0.0534 e. The summed E-state index contributed by atoms with van der Waals surface area (Å²) >= 11 is 0. The second kappa shape index (κ2) is 12.0. The van der Waals surface area contributed by atoms with Crippen molar-refractivity contribution in [1.82, 2.24) is 9.13 Å². The molecule has 6 aromatic rings. The SMILES string of the molecule is C=C(C)n1c2c(c3cc(/C=C/C4=c5ccccc5=C(/C=C/c5ccc6c(c5)c5ccccc5n6C(C)C)C5C=CC=CC45C)ccc31)C=CCC2. The molecule has 0 aliphatic heterocycles. The van der Waals surface area contributed by atoms with E-state index in [9.17, 15) is 0 Å². The number of fused-ring (bicyclic) bond motifs is 8. The van der Waals surface area contributed by atoms with Gasteiger partial charge in [0.15, 0.2) is 0 Å². The molecule has 0 fully saturated rings. The summed E-state index contributed by atoms with van der Waals surface area (Å²) in [7, 11) is 0. The van der Waals surface area contributed by atoms with Crippen LogP contribution >= 0.6 is 0 Å². The number of para-hydroxylation sites is 1. The molecular formula is C49H44N2. The molecule has 51 heavy (non-hydrogen) atoms. The van der Waals surface area contributed by atoms with E-state index in [1.165, 1.54) is 76.7 Å². The van der Waals surface area contributed by atoms with E-state index in [-0.39, 0.29) is 11.3 Å². The molecule has 9 rings (SSSR count). The highest BCUT2D eigenvalue weighted by molar-refractivity contribution is 6.09. The second-order valence-electron chi connectivity index (χ2n) is 15.0. The van der Waals surface area contributed by atoms with Crippen molar-refractivity contribution in [1.29, 1.82) is 0 Å². The highest BCUT2D eigenvalue weighted by atomic mass is 15.0. The van der Waals surface area contributed by atoms with Gasteiger partial charge in [0.1, 0.15) is 0 Å². The van der Waals surface area contributed by atoms with Crippen LogP contribution in [0.4, 0.5) is 0 Å². The number of allylic oxidation sites excluding steroid dienone is 8. The summed E-state index contributed by atoms with van der Waals surface area (Å²) in [6, 6.07) is 32.0. The first-order valence-corrected chi connectivity index (χ1v) is 18.4. The molecule has 0 saturated heterocycles. The average Bonchev–Trinajstić information content (AvgIpc) is 3.65. The molecule has 3 aliphatic rings. The van der Waals surface area contributed by atoms with Crippen LogP contribution in [0.5, 0.6) is 0 Å². The monoisotopic (exact) mass is 660 g/mol. The fourth-order valence-corrected chi connectivity index (χ4v) is 9.13. The highest BCUT2D eigenvalue weighted by Gasteiger charge is 2.38. The first-order chi connectivity index (χ1) is 24.8. The van der Waals surface area contributed by atoms with E-state index in [1.807, 2.05) is 0 Å². The topological polar surface area (TPSA) is 9.86 Å². The molecule has 2 aromatic heterocycles.